The maximum atomic E-state index is 12.9. The van der Waals surface area contributed by atoms with Gasteiger partial charge in [0.2, 0.25) is 0 Å². The lowest BCUT2D eigenvalue weighted by molar-refractivity contribution is -0.148. The van der Waals surface area contributed by atoms with Gasteiger partial charge >= 0.3 is 5.97 Å². The number of ether oxygens (including phenoxy) is 2. The average molecular weight is 373 g/mol. The zero-order chi connectivity index (χ0) is 19.5. The van der Waals surface area contributed by atoms with Crippen LogP contribution in [0.25, 0.3) is 0 Å². The van der Waals surface area contributed by atoms with Crippen molar-refractivity contribution in [3.05, 3.63) is 89.5 Å². The van der Waals surface area contributed by atoms with E-state index < -0.39 is 11.9 Å². The molecule has 3 aromatic rings. The van der Waals surface area contributed by atoms with Crippen LogP contribution in [0.15, 0.2) is 72.8 Å². The van der Waals surface area contributed by atoms with Gasteiger partial charge in [0.1, 0.15) is 17.4 Å². The van der Waals surface area contributed by atoms with Crippen LogP contribution in [0.1, 0.15) is 22.6 Å². The molecule has 0 radical (unpaired) electrons. The number of anilines is 1. The highest BCUT2D eigenvalue weighted by molar-refractivity contribution is 5.94. The van der Waals surface area contributed by atoms with E-state index in [1.165, 1.54) is 0 Å². The second kappa shape index (κ2) is 7.56. The molecule has 5 heteroatoms. The van der Waals surface area contributed by atoms with Gasteiger partial charge in [0.25, 0.3) is 5.91 Å². The van der Waals surface area contributed by atoms with Crippen LogP contribution in [0.4, 0.5) is 5.69 Å². The average Bonchev–Trinajstić information content (AvgIpc) is 2.72. The minimum absolute atomic E-state index is 0.353. The number of hydrogen-bond acceptors (Lipinski definition) is 4. The highest BCUT2D eigenvalue weighted by Gasteiger charge is 2.33. The monoisotopic (exact) mass is 373 g/mol. The molecule has 5 nitrogen and oxygen atoms in total. The predicted molar refractivity (Wildman–Crippen MR) is 106 cm³/mol. The Morgan fingerprint density at radius 3 is 2.07 bits per heavy atom. The zero-order valence-corrected chi connectivity index (χ0v) is 15.3. The Hall–Kier alpha value is -3.60. The van der Waals surface area contributed by atoms with Gasteiger partial charge in [-0.25, -0.2) is 0 Å². The molecule has 0 saturated heterocycles. The maximum Gasteiger partial charge on any atom is 0.318 e. The number of benzene rings is 3. The summed E-state index contributed by atoms with van der Waals surface area (Å²) in [7, 11) is 0. The first-order valence-corrected chi connectivity index (χ1v) is 9.00. The van der Waals surface area contributed by atoms with Gasteiger partial charge in [0.15, 0.2) is 6.61 Å². The van der Waals surface area contributed by atoms with Gasteiger partial charge < -0.3 is 14.8 Å². The summed E-state index contributed by atoms with van der Waals surface area (Å²) in [6, 6.07) is 22.1. The van der Waals surface area contributed by atoms with Crippen LogP contribution in [0, 0.1) is 6.92 Å². The largest absolute Gasteiger partial charge is 0.457 e. The fraction of sp³-hybridized carbons (Fsp3) is 0.130. The molecule has 0 fully saturated rings. The molecule has 1 heterocycles. The third kappa shape index (κ3) is 3.60. The van der Waals surface area contributed by atoms with Crippen molar-refractivity contribution in [2.24, 2.45) is 0 Å². The van der Waals surface area contributed by atoms with Gasteiger partial charge in [-0.2, -0.15) is 0 Å². The van der Waals surface area contributed by atoms with Crippen molar-refractivity contribution in [3.8, 4) is 11.5 Å². The first-order chi connectivity index (χ1) is 13.6. The first-order valence-electron chi connectivity index (χ1n) is 9.00. The predicted octanol–water partition coefficient (Wildman–Crippen LogP) is 4.41. The standard InChI is InChI=1S/C23H19NO4/c1-15-10-12-16(13-11-15)24-21(25)14-27-23(26)22-17-6-2-4-8-19(17)28-20-9-5-3-7-18(20)22/h2-13,22H,14H2,1H3,(H,24,25). The van der Waals surface area contributed by atoms with Gasteiger partial charge in [-0.3, -0.25) is 9.59 Å². The lowest BCUT2D eigenvalue weighted by Gasteiger charge is -2.26. The molecule has 3 aromatic carbocycles. The number of aryl methyl sites for hydroxylation is 1. The smallest absolute Gasteiger partial charge is 0.318 e. The molecule has 0 saturated carbocycles. The Morgan fingerprint density at radius 1 is 0.893 bits per heavy atom. The number of rotatable bonds is 4. The van der Waals surface area contributed by atoms with Crippen LogP contribution in [-0.2, 0) is 14.3 Å². The Bertz CT molecular complexity index is 981. The molecular formula is C23H19NO4. The normalized spacial score (nSPS) is 12.3. The van der Waals surface area contributed by atoms with Crippen LogP contribution in [0.2, 0.25) is 0 Å². The number of carbonyl (C=O) groups is 2. The van der Waals surface area contributed by atoms with Gasteiger partial charge in [-0.1, -0.05) is 54.1 Å². The first kappa shape index (κ1) is 17.8. The lowest BCUT2D eigenvalue weighted by atomic mass is 9.88. The van der Waals surface area contributed by atoms with E-state index in [0.29, 0.717) is 17.2 Å². The number of carbonyl (C=O) groups excluding carboxylic acids is 2. The lowest BCUT2D eigenvalue weighted by Crippen LogP contribution is -2.26. The van der Waals surface area contributed by atoms with Gasteiger partial charge in [0, 0.05) is 16.8 Å². The molecule has 1 amide bonds. The van der Waals surface area contributed by atoms with Gasteiger partial charge in [-0.15, -0.1) is 0 Å². The van der Waals surface area contributed by atoms with Crippen LogP contribution >= 0.6 is 0 Å². The van der Waals surface area contributed by atoms with Crippen LogP contribution < -0.4 is 10.1 Å². The quantitative estimate of drug-likeness (QED) is 0.688. The number of amides is 1. The van der Waals surface area contributed by atoms with E-state index >= 15 is 0 Å². The summed E-state index contributed by atoms with van der Waals surface area (Å²) in [5, 5.41) is 2.72. The molecular weight excluding hydrogens is 354 g/mol. The molecule has 0 bridgehead atoms. The second-order valence-electron chi connectivity index (χ2n) is 6.63. The van der Waals surface area contributed by atoms with E-state index in [4.69, 9.17) is 9.47 Å². The van der Waals surface area contributed by atoms with E-state index in [9.17, 15) is 9.59 Å². The third-order valence-electron chi connectivity index (χ3n) is 4.60. The summed E-state index contributed by atoms with van der Waals surface area (Å²) >= 11 is 0. The molecule has 0 aromatic heterocycles. The van der Waals surface area contributed by atoms with E-state index in [1.807, 2.05) is 67.6 Å². The number of nitrogens with one attached hydrogen (secondary N) is 1. The topological polar surface area (TPSA) is 64.6 Å². The second-order valence-corrected chi connectivity index (χ2v) is 6.63. The van der Waals surface area contributed by atoms with Crippen molar-refractivity contribution in [2.45, 2.75) is 12.8 Å². The highest BCUT2D eigenvalue weighted by atomic mass is 16.5. The minimum atomic E-state index is -0.631. The summed E-state index contributed by atoms with van der Waals surface area (Å²) in [5.74, 6) is -0.263. The maximum absolute atomic E-state index is 12.9. The molecule has 28 heavy (non-hydrogen) atoms. The molecule has 1 N–H and O–H groups in total. The SMILES string of the molecule is Cc1ccc(NC(=O)COC(=O)C2c3ccccc3Oc3ccccc32)cc1. The summed E-state index contributed by atoms with van der Waals surface area (Å²) in [5.41, 5.74) is 3.21. The van der Waals surface area contributed by atoms with Gasteiger partial charge in [-0.05, 0) is 31.2 Å². The molecule has 4 rings (SSSR count). The Kier molecular flexibility index (Phi) is 4.81. The van der Waals surface area contributed by atoms with Crippen molar-refractivity contribution in [2.75, 3.05) is 11.9 Å². The van der Waals surface area contributed by atoms with Crippen molar-refractivity contribution in [1.29, 1.82) is 0 Å². The fourth-order valence-corrected chi connectivity index (χ4v) is 3.22. The fourth-order valence-electron chi connectivity index (χ4n) is 3.22. The summed E-state index contributed by atoms with van der Waals surface area (Å²) < 4.78 is 11.2. The molecule has 0 atom stereocenters. The summed E-state index contributed by atoms with van der Waals surface area (Å²) in [6.45, 7) is 1.62. The Balaban J connectivity index is 1.49. The summed E-state index contributed by atoms with van der Waals surface area (Å²) in [4.78, 5) is 25.0. The minimum Gasteiger partial charge on any atom is -0.457 e. The molecule has 1 aliphatic rings. The van der Waals surface area contributed by atoms with E-state index in [2.05, 4.69) is 5.32 Å². The van der Waals surface area contributed by atoms with Crippen molar-refractivity contribution in [1.82, 2.24) is 0 Å². The number of hydrogen-bond donors (Lipinski definition) is 1. The molecule has 0 unspecified atom stereocenters. The van der Waals surface area contributed by atoms with E-state index in [1.54, 1.807) is 12.1 Å². The molecule has 140 valence electrons. The van der Waals surface area contributed by atoms with Crippen LogP contribution in [-0.4, -0.2) is 18.5 Å². The van der Waals surface area contributed by atoms with Crippen LogP contribution in [0.5, 0.6) is 11.5 Å². The van der Waals surface area contributed by atoms with Crippen LogP contribution in [0.3, 0.4) is 0 Å². The number of fused-ring (bicyclic) bond motifs is 2. The van der Waals surface area contributed by atoms with Crippen molar-refractivity contribution >= 4 is 17.6 Å². The zero-order valence-electron chi connectivity index (χ0n) is 15.3. The van der Waals surface area contributed by atoms with E-state index in [-0.39, 0.29) is 12.5 Å². The van der Waals surface area contributed by atoms with Gasteiger partial charge in [0.05, 0.1) is 0 Å². The number of esters is 1. The Morgan fingerprint density at radius 2 is 1.46 bits per heavy atom. The van der Waals surface area contributed by atoms with Crippen molar-refractivity contribution in [3.63, 3.8) is 0 Å². The highest BCUT2D eigenvalue weighted by Crippen LogP contribution is 2.44. The number of para-hydroxylation sites is 2. The Labute approximate surface area is 162 Å². The molecule has 0 aliphatic carbocycles. The van der Waals surface area contributed by atoms with Crippen molar-refractivity contribution < 1.29 is 19.1 Å². The molecule has 0 spiro atoms. The molecule has 1 aliphatic heterocycles. The summed E-state index contributed by atoms with van der Waals surface area (Å²) in [6.07, 6.45) is 0. The third-order valence-corrected chi connectivity index (χ3v) is 4.60. The van der Waals surface area contributed by atoms with E-state index in [0.717, 1.165) is 16.7 Å².